The highest BCUT2D eigenvalue weighted by Crippen LogP contribution is 2.44. The Morgan fingerprint density at radius 1 is 0.542 bits per heavy atom. The smallest absolute Gasteiger partial charge is 0.127 e. The van der Waals surface area contributed by atoms with Crippen LogP contribution < -0.4 is 0 Å². The van der Waals surface area contributed by atoms with E-state index in [0.29, 0.717) is 22.0 Å². The lowest BCUT2D eigenvalue weighted by Gasteiger charge is -2.30. The zero-order valence-corrected chi connectivity index (χ0v) is 32.1. The highest BCUT2D eigenvalue weighted by molar-refractivity contribution is 8.03. The van der Waals surface area contributed by atoms with Gasteiger partial charge >= 0.3 is 0 Å². The van der Waals surface area contributed by atoms with E-state index in [2.05, 4.69) is 128 Å². The van der Waals surface area contributed by atoms with Crippen LogP contribution in [0.3, 0.4) is 0 Å². The van der Waals surface area contributed by atoms with Crippen LogP contribution in [0.15, 0.2) is 72.8 Å². The first-order valence-corrected chi connectivity index (χ1v) is 19.9. The van der Waals surface area contributed by atoms with Gasteiger partial charge in [-0.25, -0.2) is 0 Å². The van der Waals surface area contributed by atoms with Crippen LogP contribution in [-0.2, 0) is 22.3 Å². The summed E-state index contributed by atoms with van der Waals surface area (Å²) in [4.78, 5) is 0. The molecule has 4 aromatic carbocycles. The van der Waals surface area contributed by atoms with Crippen LogP contribution >= 0.6 is 23.5 Å². The molecule has 1 fully saturated rings. The molecule has 0 radical (unpaired) electrons. The van der Waals surface area contributed by atoms with Crippen molar-refractivity contribution in [3.63, 3.8) is 0 Å². The fraction of sp³-hybridized carbons (Fsp3) is 0.455. The molecule has 0 heterocycles. The van der Waals surface area contributed by atoms with E-state index in [4.69, 9.17) is 0 Å². The molecule has 1 saturated carbocycles. The summed E-state index contributed by atoms with van der Waals surface area (Å²) in [5.74, 6) is 2.42. The summed E-state index contributed by atoms with van der Waals surface area (Å²) in [6.45, 7) is 17.7. The van der Waals surface area contributed by atoms with Crippen LogP contribution in [0.1, 0.15) is 113 Å². The monoisotopic (exact) mass is 680 g/mol. The zero-order chi connectivity index (χ0) is 34.6. The summed E-state index contributed by atoms with van der Waals surface area (Å²) in [5, 5.41) is 24.3. The fourth-order valence-electron chi connectivity index (χ4n) is 6.57. The highest BCUT2D eigenvalue weighted by atomic mass is 32.2. The molecule has 5 rings (SSSR count). The summed E-state index contributed by atoms with van der Waals surface area (Å²) in [5.41, 5.74) is 11.0. The minimum absolute atomic E-state index is 0.0216. The summed E-state index contributed by atoms with van der Waals surface area (Å²) in [7, 11) is 0. The number of thioether (sulfide) groups is 2. The average Bonchev–Trinajstić information content (AvgIpc) is 3.01. The molecule has 2 nitrogen and oxygen atoms in total. The molecule has 256 valence electrons. The van der Waals surface area contributed by atoms with Crippen LogP contribution in [0.25, 0.3) is 22.3 Å². The second-order valence-corrected chi connectivity index (χ2v) is 18.4. The van der Waals surface area contributed by atoms with Gasteiger partial charge in [0.2, 0.25) is 0 Å². The Bertz CT molecular complexity index is 1550. The third-order valence-corrected chi connectivity index (χ3v) is 13.0. The second-order valence-electron chi connectivity index (χ2n) is 16.0. The molecule has 2 atom stereocenters. The molecule has 0 spiro atoms. The minimum atomic E-state index is -0.0216. The van der Waals surface area contributed by atoms with Crippen molar-refractivity contribution >= 4 is 23.5 Å². The largest absolute Gasteiger partial charge is 0.507 e. The molecule has 4 aromatic rings. The molecular weight excluding hydrogens is 625 g/mol. The SMILES string of the molecule is Cc1ccc(-c2cc(C(C)(C)C)cc(CSC3CCCCCCC3SCc3cc(C(C)(C)C)cc(-c4ccc(C)cc4)c3O)c2O)cc1. The van der Waals surface area contributed by atoms with Gasteiger partial charge in [-0.2, -0.15) is 23.5 Å². The normalized spacial score (nSPS) is 17.6. The first-order valence-electron chi connectivity index (χ1n) is 17.8. The van der Waals surface area contributed by atoms with Crippen LogP contribution in [0.2, 0.25) is 0 Å². The van der Waals surface area contributed by atoms with E-state index >= 15 is 0 Å². The van der Waals surface area contributed by atoms with Crippen LogP contribution in [0.5, 0.6) is 11.5 Å². The lowest BCUT2D eigenvalue weighted by molar-refractivity contribution is 0.470. The second kappa shape index (κ2) is 15.4. The van der Waals surface area contributed by atoms with Crippen molar-refractivity contribution in [1.29, 1.82) is 0 Å². The first-order chi connectivity index (χ1) is 22.7. The quantitative estimate of drug-likeness (QED) is 0.194. The van der Waals surface area contributed by atoms with E-state index < -0.39 is 0 Å². The Balaban J connectivity index is 1.41. The van der Waals surface area contributed by atoms with Gasteiger partial charge in [0.1, 0.15) is 11.5 Å². The van der Waals surface area contributed by atoms with Gasteiger partial charge in [-0.15, -0.1) is 0 Å². The maximum atomic E-state index is 11.7. The number of aryl methyl sites for hydroxylation is 2. The molecular formula is C44H56O2S2. The Morgan fingerprint density at radius 2 is 0.896 bits per heavy atom. The molecule has 2 N–H and O–H groups in total. The van der Waals surface area contributed by atoms with Gasteiger partial charge in [0.25, 0.3) is 0 Å². The molecule has 2 unspecified atom stereocenters. The van der Waals surface area contributed by atoms with Crippen LogP contribution in [0.4, 0.5) is 0 Å². The van der Waals surface area contributed by atoms with E-state index in [1.165, 1.54) is 60.8 Å². The predicted molar refractivity (Wildman–Crippen MR) is 212 cm³/mol. The van der Waals surface area contributed by atoms with Gasteiger partial charge in [-0.05, 0) is 71.9 Å². The number of benzene rings is 4. The Labute approximate surface area is 299 Å². The van der Waals surface area contributed by atoms with Crippen LogP contribution in [-0.4, -0.2) is 20.7 Å². The van der Waals surface area contributed by atoms with Crippen molar-refractivity contribution < 1.29 is 10.2 Å². The van der Waals surface area contributed by atoms with Gasteiger partial charge in [-0.3, -0.25) is 0 Å². The first kappa shape index (κ1) is 36.5. The number of rotatable bonds is 8. The van der Waals surface area contributed by atoms with E-state index in [1.54, 1.807) is 0 Å². The Hall–Kier alpha value is -2.82. The third-order valence-electron chi connectivity index (χ3n) is 9.88. The maximum Gasteiger partial charge on any atom is 0.127 e. The summed E-state index contributed by atoms with van der Waals surface area (Å²) >= 11 is 4.05. The summed E-state index contributed by atoms with van der Waals surface area (Å²) in [6.07, 6.45) is 7.47. The van der Waals surface area contributed by atoms with Gasteiger partial charge in [-0.1, -0.05) is 139 Å². The number of phenolic OH excluding ortho intramolecular Hbond substituents is 2. The Kier molecular flexibility index (Phi) is 11.7. The fourth-order valence-corrected chi connectivity index (χ4v) is 9.64. The highest BCUT2D eigenvalue weighted by Gasteiger charge is 2.27. The predicted octanol–water partition coefficient (Wildman–Crippen LogP) is 12.9. The number of hydrogen-bond donors (Lipinski definition) is 2. The van der Waals surface area contributed by atoms with Crippen LogP contribution in [0, 0.1) is 13.8 Å². The Morgan fingerprint density at radius 3 is 1.23 bits per heavy atom. The van der Waals surface area contributed by atoms with E-state index in [-0.39, 0.29) is 10.8 Å². The number of aromatic hydroxyl groups is 2. The minimum Gasteiger partial charge on any atom is -0.507 e. The lowest BCUT2D eigenvalue weighted by Crippen LogP contribution is -2.22. The number of phenols is 2. The van der Waals surface area contributed by atoms with Gasteiger partial charge < -0.3 is 10.2 Å². The molecule has 0 aromatic heterocycles. The third kappa shape index (κ3) is 9.04. The maximum absolute atomic E-state index is 11.7. The van der Waals surface area contributed by atoms with Crippen molar-refractivity contribution in [2.45, 2.75) is 127 Å². The summed E-state index contributed by atoms with van der Waals surface area (Å²) < 4.78 is 0. The van der Waals surface area contributed by atoms with Crippen molar-refractivity contribution in [1.82, 2.24) is 0 Å². The van der Waals surface area contributed by atoms with E-state index in [9.17, 15) is 10.2 Å². The van der Waals surface area contributed by atoms with Crippen molar-refractivity contribution in [2.75, 3.05) is 0 Å². The molecule has 1 aliphatic rings. The van der Waals surface area contributed by atoms with Gasteiger partial charge in [0.05, 0.1) is 0 Å². The average molecular weight is 681 g/mol. The van der Waals surface area contributed by atoms with Gasteiger partial charge in [0.15, 0.2) is 0 Å². The van der Waals surface area contributed by atoms with E-state index in [1.807, 2.05) is 23.5 Å². The number of hydrogen-bond acceptors (Lipinski definition) is 4. The molecule has 1 aliphatic carbocycles. The molecule has 0 aliphatic heterocycles. The molecule has 48 heavy (non-hydrogen) atoms. The standard InChI is InChI=1S/C44H56O2S2/c1-29-15-19-31(20-16-29)37-25-35(43(3,4)5)23-33(41(37)45)27-47-39-13-11-9-10-12-14-40(39)48-28-34-24-36(44(6,7)8)26-38(42(34)46)32-21-17-30(2)18-22-32/h15-26,39-40,45-46H,9-14,27-28H2,1-8H3. The zero-order valence-electron chi connectivity index (χ0n) is 30.5. The topological polar surface area (TPSA) is 40.5 Å². The molecule has 4 heteroatoms. The van der Waals surface area contributed by atoms with Crippen molar-refractivity contribution in [3.8, 4) is 33.8 Å². The van der Waals surface area contributed by atoms with Gasteiger partial charge in [0, 0.05) is 44.3 Å². The van der Waals surface area contributed by atoms with E-state index in [0.717, 1.165) is 44.9 Å². The molecule has 0 amide bonds. The molecule has 0 bridgehead atoms. The van der Waals surface area contributed by atoms with Crippen molar-refractivity contribution in [3.05, 3.63) is 106 Å². The summed E-state index contributed by atoms with van der Waals surface area (Å²) in [6, 6.07) is 25.9. The lowest BCUT2D eigenvalue weighted by atomic mass is 9.84. The van der Waals surface area contributed by atoms with Crippen molar-refractivity contribution in [2.24, 2.45) is 0 Å². The molecule has 0 saturated heterocycles.